The van der Waals surface area contributed by atoms with Crippen LogP contribution in [-0.4, -0.2) is 44.8 Å². The van der Waals surface area contributed by atoms with E-state index in [1.165, 1.54) is 25.1 Å². The highest BCUT2D eigenvalue weighted by Crippen LogP contribution is 2.21. The number of carbonyl (C=O) groups is 2. The van der Waals surface area contributed by atoms with Crippen LogP contribution in [-0.2, 0) is 4.79 Å². The van der Waals surface area contributed by atoms with Crippen LogP contribution in [0.5, 0.6) is 0 Å². The third-order valence-electron chi connectivity index (χ3n) is 3.66. The Labute approximate surface area is 136 Å². The van der Waals surface area contributed by atoms with E-state index < -0.39 is 23.6 Å². The number of H-pyrrole nitrogens is 1. The Bertz CT molecular complexity index is 829. The molecule has 5 N–H and O–H groups in total. The Morgan fingerprint density at radius 3 is 2.62 bits per heavy atom. The Morgan fingerprint density at radius 2 is 2.00 bits per heavy atom. The van der Waals surface area contributed by atoms with Crippen molar-refractivity contribution < 1.29 is 24.9 Å². The molecule has 0 bridgehead atoms. The van der Waals surface area contributed by atoms with Gasteiger partial charge < -0.3 is 25.6 Å². The zero-order valence-electron chi connectivity index (χ0n) is 12.9. The summed E-state index contributed by atoms with van der Waals surface area (Å²) >= 11 is 0. The summed E-state index contributed by atoms with van der Waals surface area (Å²) in [4.78, 5) is 36.5. The van der Waals surface area contributed by atoms with E-state index in [4.69, 9.17) is 5.11 Å². The second-order valence-corrected chi connectivity index (χ2v) is 5.43. The summed E-state index contributed by atoms with van der Waals surface area (Å²) in [6.45, 7) is 1.58. The molecule has 128 valence electrons. The number of amides is 1. The molecule has 1 amide bonds. The van der Waals surface area contributed by atoms with Crippen LogP contribution in [0, 0.1) is 0 Å². The molecule has 0 radical (unpaired) electrons. The summed E-state index contributed by atoms with van der Waals surface area (Å²) in [6, 6.07) is 4.34. The molecule has 8 nitrogen and oxygen atoms in total. The number of aliphatic hydroxyl groups excluding tert-OH is 2. The summed E-state index contributed by atoms with van der Waals surface area (Å²) in [5.74, 6) is -1.55. The van der Waals surface area contributed by atoms with Crippen molar-refractivity contribution >= 4 is 22.8 Å². The van der Waals surface area contributed by atoms with E-state index in [0.29, 0.717) is 11.1 Å². The minimum atomic E-state index is -1.32. The Kier molecular flexibility index (Phi) is 5.32. The normalized spacial score (nSPS) is 13.5. The van der Waals surface area contributed by atoms with Gasteiger partial charge in [0.2, 0.25) is 11.3 Å². The molecular formula is C16H18N2O6. The number of pyridine rings is 1. The minimum absolute atomic E-state index is 0.160. The number of carboxylic acids is 1. The highest BCUT2D eigenvalue weighted by molar-refractivity contribution is 5.92. The molecule has 24 heavy (non-hydrogen) atoms. The summed E-state index contributed by atoms with van der Waals surface area (Å²) in [6.07, 6.45) is -1.05. The van der Waals surface area contributed by atoms with Gasteiger partial charge in [-0.1, -0.05) is 6.07 Å². The standard InChI is InChI=1S/C16H18N2O6/c1-8(19)17-5-4-13(20)14(21)9-2-3-10-12(6-9)18-7-11(15(10)22)16(23)24/h2-3,6-7,13-14,20-21H,4-5H2,1H3,(H,17,19)(H,18,22)(H,23,24). The number of aromatic carboxylic acids is 1. The van der Waals surface area contributed by atoms with Crippen LogP contribution in [0.1, 0.15) is 35.4 Å². The van der Waals surface area contributed by atoms with Crippen LogP contribution in [0.3, 0.4) is 0 Å². The molecular weight excluding hydrogens is 316 g/mol. The molecule has 2 unspecified atom stereocenters. The predicted octanol–water partition coefficient (Wildman–Crippen LogP) is 0.147. The zero-order chi connectivity index (χ0) is 17.9. The van der Waals surface area contributed by atoms with E-state index in [9.17, 15) is 24.6 Å². The maximum Gasteiger partial charge on any atom is 0.341 e. The Morgan fingerprint density at radius 1 is 1.29 bits per heavy atom. The molecule has 1 aromatic heterocycles. The Balaban J connectivity index is 2.24. The maximum absolute atomic E-state index is 12.0. The predicted molar refractivity (Wildman–Crippen MR) is 85.8 cm³/mol. The number of rotatable bonds is 6. The first-order valence-corrected chi connectivity index (χ1v) is 7.30. The van der Waals surface area contributed by atoms with Crippen LogP contribution < -0.4 is 10.7 Å². The van der Waals surface area contributed by atoms with Gasteiger partial charge >= 0.3 is 5.97 Å². The van der Waals surface area contributed by atoms with Crippen LogP contribution in [0.2, 0.25) is 0 Å². The van der Waals surface area contributed by atoms with Crippen molar-refractivity contribution in [2.45, 2.75) is 25.6 Å². The molecule has 0 aliphatic carbocycles. The lowest BCUT2D eigenvalue weighted by Gasteiger charge is -2.18. The van der Waals surface area contributed by atoms with Gasteiger partial charge in [-0.05, 0) is 24.1 Å². The number of carbonyl (C=O) groups excluding carboxylic acids is 1. The Hall–Kier alpha value is -2.71. The zero-order valence-corrected chi connectivity index (χ0v) is 12.9. The highest BCUT2D eigenvalue weighted by atomic mass is 16.4. The molecule has 0 saturated carbocycles. The van der Waals surface area contributed by atoms with Gasteiger partial charge in [0, 0.05) is 30.6 Å². The number of hydrogen-bond acceptors (Lipinski definition) is 5. The maximum atomic E-state index is 12.0. The van der Waals surface area contributed by atoms with Gasteiger partial charge in [0.25, 0.3) is 0 Å². The number of carboxylic acid groups (broad SMARTS) is 1. The van der Waals surface area contributed by atoms with Crippen LogP contribution in [0.4, 0.5) is 0 Å². The molecule has 2 atom stereocenters. The largest absolute Gasteiger partial charge is 0.477 e. The number of aliphatic hydroxyl groups is 2. The topological polar surface area (TPSA) is 140 Å². The van der Waals surface area contributed by atoms with Crippen molar-refractivity contribution in [2.75, 3.05) is 6.54 Å². The van der Waals surface area contributed by atoms with E-state index in [2.05, 4.69) is 10.3 Å². The summed E-state index contributed by atoms with van der Waals surface area (Å²) in [5, 5.41) is 31.8. The van der Waals surface area contributed by atoms with Crippen molar-refractivity contribution in [2.24, 2.45) is 0 Å². The van der Waals surface area contributed by atoms with Crippen molar-refractivity contribution in [3.05, 3.63) is 45.7 Å². The van der Waals surface area contributed by atoms with Crippen molar-refractivity contribution in [1.29, 1.82) is 0 Å². The summed E-state index contributed by atoms with van der Waals surface area (Å²) < 4.78 is 0. The average molecular weight is 334 g/mol. The van der Waals surface area contributed by atoms with Crippen LogP contribution in [0.15, 0.2) is 29.2 Å². The van der Waals surface area contributed by atoms with E-state index in [-0.39, 0.29) is 29.8 Å². The van der Waals surface area contributed by atoms with Crippen molar-refractivity contribution in [3.63, 3.8) is 0 Å². The fourth-order valence-corrected chi connectivity index (χ4v) is 2.36. The molecule has 1 aromatic carbocycles. The molecule has 0 fully saturated rings. The van der Waals surface area contributed by atoms with Gasteiger partial charge in [0.1, 0.15) is 11.7 Å². The second kappa shape index (κ2) is 7.24. The van der Waals surface area contributed by atoms with Crippen molar-refractivity contribution in [1.82, 2.24) is 10.3 Å². The molecule has 2 aromatic rings. The molecule has 0 spiro atoms. The molecule has 8 heteroatoms. The van der Waals surface area contributed by atoms with E-state index >= 15 is 0 Å². The van der Waals surface area contributed by atoms with Gasteiger partial charge in [-0.3, -0.25) is 9.59 Å². The average Bonchev–Trinajstić information content (AvgIpc) is 2.53. The van der Waals surface area contributed by atoms with E-state index in [1.807, 2.05) is 0 Å². The third-order valence-corrected chi connectivity index (χ3v) is 3.66. The van der Waals surface area contributed by atoms with Gasteiger partial charge in [0.05, 0.1) is 6.10 Å². The number of benzene rings is 1. The van der Waals surface area contributed by atoms with Crippen LogP contribution in [0.25, 0.3) is 10.9 Å². The number of hydrogen-bond donors (Lipinski definition) is 5. The highest BCUT2D eigenvalue weighted by Gasteiger charge is 2.19. The summed E-state index contributed by atoms with van der Waals surface area (Å²) in [5.41, 5.74) is -0.262. The number of aromatic nitrogens is 1. The van der Waals surface area contributed by atoms with E-state index in [0.717, 1.165) is 6.20 Å². The first-order valence-electron chi connectivity index (χ1n) is 7.30. The first kappa shape index (κ1) is 17.6. The number of fused-ring (bicyclic) bond motifs is 1. The fourth-order valence-electron chi connectivity index (χ4n) is 2.36. The quantitative estimate of drug-likeness (QED) is 0.509. The van der Waals surface area contributed by atoms with Gasteiger partial charge in [0.15, 0.2) is 0 Å². The van der Waals surface area contributed by atoms with Gasteiger partial charge in [-0.25, -0.2) is 4.79 Å². The smallest absolute Gasteiger partial charge is 0.341 e. The fraction of sp³-hybridized carbons (Fsp3) is 0.312. The lowest BCUT2D eigenvalue weighted by atomic mass is 10.00. The van der Waals surface area contributed by atoms with Crippen LogP contribution >= 0.6 is 0 Å². The molecule has 0 aliphatic heterocycles. The molecule has 0 aliphatic rings. The second-order valence-electron chi connectivity index (χ2n) is 5.43. The van der Waals surface area contributed by atoms with Gasteiger partial charge in [-0.15, -0.1) is 0 Å². The lowest BCUT2D eigenvalue weighted by molar-refractivity contribution is -0.119. The lowest BCUT2D eigenvalue weighted by Crippen LogP contribution is -2.27. The van der Waals surface area contributed by atoms with E-state index in [1.54, 1.807) is 0 Å². The third kappa shape index (κ3) is 3.79. The van der Waals surface area contributed by atoms with Gasteiger partial charge in [-0.2, -0.15) is 0 Å². The number of nitrogens with one attached hydrogen (secondary N) is 2. The molecule has 0 saturated heterocycles. The SMILES string of the molecule is CC(=O)NCCC(O)C(O)c1ccc2c(=O)c(C(=O)O)c[nH]c2c1. The molecule has 1 heterocycles. The minimum Gasteiger partial charge on any atom is -0.477 e. The van der Waals surface area contributed by atoms with Crippen molar-refractivity contribution in [3.8, 4) is 0 Å². The molecule has 2 rings (SSSR count). The number of aromatic amines is 1. The first-order chi connectivity index (χ1) is 11.3. The monoisotopic (exact) mass is 334 g/mol. The summed E-state index contributed by atoms with van der Waals surface area (Å²) in [7, 11) is 0.